The molecule has 39 heavy (non-hydrogen) atoms. The SMILES string of the molecule is C=C1CC[C@@H]2[C@]3(C)COC(C)(C)O[C@@H]3CC[C@@]2(C)[C@@H]1C/C=C1/C(=O)OC[C@H]1OC(=O)Nc1cc(C)cc(C)c1. The van der Waals surface area contributed by atoms with Gasteiger partial charge >= 0.3 is 12.1 Å². The molecule has 0 spiro atoms. The maximum absolute atomic E-state index is 12.7. The zero-order chi connectivity index (χ0) is 28.2. The first-order chi connectivity index (χ1) is 18.3. The van der Waals surface area contributed by atoms with Crippen LogP contribution in [0.5, 0.6) is 0 Å². The Bertz CT molecular complexity index is 1180. The van der Waals surface area contributed by atoms with Crippen molar-refractivity contribution in [1.29, 1.82) is 0 Å². The van der Waals surface area contributed by atoms with Crippen LogP contribution in [-0.2, 0) is 23.7 Å². The van der Waals surface area contributed by atoms with Gasteiger partial charge in [-0.1, -0.05) is 38.1 Å². The average Bonchev–Trinajstić information content (AvgIpc) is 3.17. The van der Waals surface area contributed by atoms with Gasteiger partial charge in [0, 0.05) is 11.1 Å². The van der Waals surface area contributed by atoms with Crippen LogP contribution in [0.25, 0.3) is 0 Å². The number of fused-ring (bicyclic) bond motifs is 3. The molecule has 2 saturated heterocycles. The highest BCUT2D eigenvalue weighted by Crippen LogP contribution is 2.63. The molecule has 2 aliphatic heterocycles. The predicted octanol–water partition coefficient (Wildman–Crippen LogP) is 6.63. The number of hydrogen-bond acceptors (Lipinski definition) is 6. The first-order valence-electron chi connectivity index (χ1n) is 14.2. The first kappa shape index (κ1) is 27.9. The number of carbonyl (C=O) groups is 2. The van der Waals surface area contributed by atoms with E-state index >= 15 is 0 Å². The van der Waals surface area contributed by atoms with Crippen LogP contribution >= 0.6 is 0 Å². The summed E-state index contributed by atoms with van der Waals surface area (Å²) in [5.74, 6) is -0.355. The highest BCUT2D eigenvalue weighted by molar-refractivity contribution is 5.93. The number of nitrogens with one attached hydrogen (secondary N) is 1. The molecule has 7 heteroatoms. The molecule has 1 aromatic carbocycles. The van der Waals surface area contributed by atoms with E-state index in [0.29, 0.717) is 30.2 Å². The Morgan fingerprint density at radius 2 is 1.85 bits per heavy atom. The highest BCUT2D eigenvalue weighted by Gasteiger charge is 2.60. The lowest BCUT2D eigenvalue weighted by atomic mass is 9.46. The molecule has 0 bridgehead atoms. The quantitative estimate of drug-likeness (QED) is 0.264. The van der Waals surface area contributed by atoms with Crippen LogP contribution in [-0.4, -0.2) is 43.3 Å². The lowest BCUT2D eigenvalue weighted by molar-refractivity contribution is -0.344. The lowest BCUT2D eigenvalue weighted by Crippen LogP contribution is -2.62. The molecule has 7 nitrogen and oxygen atoms in total. The summed E-state index contributed by atoms with van der Waals surface area (Å²) in [6.45, 7) is 17.8. The molecule has 212 valence electrons. The van der Waals surface area contributed by atoms with Crippen molar-refractivity contribution in [3.8, 4) is 0 Å². The predicted molar refractivity (Wildman–Crippen MR) is 149 cm³/mol. The summed E-state index contributed by atoms with van der Waals surface area (Å²) in [6, 6.07) is 5.80. The lowest BCUT2D eigenvalue weighted by Gasteiger charge is -2.63. The third kappa shape index (κ3) is 5.28. The van der Waals surface area contributed by atoms with E-state index < -0.39 is 24.0 Å². The molecular weight excluding hydrogens is 494 g/mol. The summed E-state index contributed by atoms with van der Waals surface area (Å²) in [7, 11) is 0. The fourth-order valence-electron chi connectivity index (χ4n) is 7.84. The Labute approximate surface area is 232 Å². The number of benzene rings is 1. The summed E-state index contributed by atoms with van der Waals surface area (Å²) >= 11 is 0. The molecule has 1 aromatic rings. The smallest absolute Gasteiger partial charge is 0.412 e. The Hall–Kier alpha value is -2.64. The van der Waals surface area contributed by atoms with Gasteiger partial charge in [-0.2, -0.15) is 0 Å². The summed E-state index contributed by atoms with van der Waals surface area (Å²) in [6.07, 6.45) is 5.43. The van der Waals surface area contributed by atoms with Crippen LogP contribution < -0.4 is 5.32 Å². The molecule has 0 radical (unpaired) electrons. The second-order valence-electron chi connectivity index (χ2n) is 13.0. The van der Waals surface area contributed by atoms with Gasteiger partial charge in [-0.3, -0.25) is 5.32 Å². The van der Waals surface area contributed by atoms with E-state index in [9.17, 15) is 9.59 Å². The number of hydrogen-bond donors (Lipinski definition) is 1. The maximum atomic E-state index is 12.7. The van der Waals surface area contributed by atoms with Crippen molar-refractivity contribution in [2.75, 3.05) is 18.5 Å². The molecule has 4 fully saturated rings. The molecule has 6 atom stereocenters. The highest BCUT2D eigenvalue weighted by atomic mass is 16.7. The number of allylic oxidation sites excluding steroid dienone is 2. The van der Waals surface area contributed by atoms with Crippen LogP contribution in [0.4, 0.5) is 10.5 Å². The minimum Gasteiger partial charge on any atom is -0.458 e. The second kappa shape index (κ2) is 10.1. The third-order valence-electron chi connectivity index (χ3n) is 9.71. The fourth-order valence-corrected chi connectivity index (χ4v) is 7.84. The van der Waals surface area contributed by atoms with Gasteiger partial charge in [-0.25, -0.2) is 9.59 Å². The number of aryl methyl sites for hydroxylation is 2. The monoisotopic (exact) mass is 537 g/mol. The van der Waals surface area contributed by atoms with Gasteiger partial charge in [0.05, 0.1) is 18.3 Å². The zero-order valence-electron chi connectivity index (χ0n) is 24.2. The minimum absolute atomic E-state index is 0.00507. The van der Waals surface area contributed by atoms with Crippen molar-refractivity contribution in [1.82, 2.24) is 0 Å². The number of carbonyl (C=O) groups excluding carboxylic acids is 2. The molecule has 5 rings (SSSR count). The first-order valence-corrected chi connectivity index (χ1v) is 14.2. The van der Waals surface area contributed by atoms with Gasteiger partial charge in [-0.15, -0.1) is 0 Å². The van der Waals surface area contributed by atoms with Crippen molar-refractivity contribution in [2.45, 2.75) is 91.6 Å². The van der Waals surface area contributed by atoms with Crippen LogP contribution in [0, 0.1) is 36.5 Å². The van der Waals surface area contributed by atoms with Crippen molar-refractivity contribution in [3.05, 3.63) is 53.1 Å². The standard InChI is InChI=1S/C32H43NO6/c1-19-14-20(2)16-22(15-19)33-29(35)38-25-17-36-28(34)23(25)9-10-24-21(3)8-11-26-31(24,6)13-12-27-32(26,7)18-37-30(4,5)39-27/h9,14-16,24-27H,3,8,10-13,17-18H2,1-2,4-7H3,(H,33,35)/b23-9+/t24-,25-,26+,27-,31+,32+/m1/s1. The number of rotatable bonds is 4. The van der Waals surface area contributed by atoms with E-state index in [4.69, 9.17) is 18.9 Å². The number of cyclic esters (lactones) is 1. The Balaban J connectivity index is 1.31. The third-order valence-corrected chi connectivity index (χ3v) is 9.71. The van der Waals surface area contributed by atoms with Gasteiger partial charge < -0.3 is 18.9 Å². The number of ether oxygens (including phenoxy) is 4. The van der Waals surface area contributed by atoms with Gasteiger partial charge in [-0.05, 0) is 100 Å². The van der Waals surface area contributed by atoms with E-state index in [2.05, 4.69) is 25.7 Å². The van der Waals surface area contributed by atoms with E-state index in [1.165, 1.54) is 5.57 Å². The Morgan fingerprint density at radius 1 is 1.13 bits per heavy atom. The summed E-state index contributed by atoms with van der Waals surface area (Å²) < 4.78 is 23.6. The van der Waals surface area contributed by atoms with Crippen LogP contribution in [0.1, 0.15) is 70.9 Å². The fraction of sp³-hybridized carbons (Fsp3) is 0.625. The minimum atomic E-state index is -0.737. The summed E-state index contributed by atoms with van der Waals surface area (Å²) in [5.41, 5.74) is 4.32. The van der Waals surface area contributed by atoms with Crippen molar-refractivity contribution >= 4 is 17.7 Å². The number of esters is 1. The largest absolute Gasteiger partial charge is 0.458 e. The maximum Gasteiger partial charge on any atom is 0.412 e. The van der Waals surface area contributed by atoms with Gasteiger partial charge in [0.2, 0.25) is 0 Å². The normalized spacial score (nSPS) is 36.6. The van der Waals surface area contributed by atoms with Crippen LogP contribution in [0.3, 0.4) is 0 Å². The number of amides is 1. The molecule has 0 aromatic heterocycles. The number of anilines is 1. The van der Waals surface area contributed by atoms with Gasteiger partial charge in [0.15, 0.2) is 11.9 Å². The molecule has 2 saturated carbocycles. The molecule has 0 unspecified atom stereocenters. The topological polar surface area (TPSA) is 83.1 Å². The molecule has 1 N–H and O–H groups in total. The molecule has 1 amide bonds. The van der Waals surface area contributed by atoms with E-state index in [0.717, 1.165) is 36.8 Å². The molecule has 4 aliphatic rings. The van der Waals surface area contributed by atoms with Crippen molar-refractivity contribution in [3.63, 3.8) is 0 Å². The van der Waals surface area contributed by atoms with Crippen LogP contribution in [0.2, 0.25) is 0 Å². The van der Waals surface area contributed by atoms with E-state index in [1.54, 1.807) is 0 Å². The van der Waals surface area contributed by atoms with Gasteiger partial charge in [0.25, 0.3) is 0 Å². The summed E-state index contributed by atoms with van der Waals surface area (Å²) in [4.78, 5) is 25.4. The van der Waals surface area contributed by atoms with Crippen molar-refractivity contribution in [2.24, 2.45) is 22.7 Å². The Morgan fingerprint density at radius 3 is 2.56 bits per heavy atom. The zero-order valence-corrected chi connectivity index (χ0v) is 24.2. The van der Waals surface area contributed by atoms with Gasteiger partial charge in [0.1, 0.15) is 6.61 Å². The van der Waals surface area contributed by atoms with Crippen LogP contribution in [0.15, 0.2) is 42.0 Å². The average molecular weight is 538 g/mol. The Kier molecular flexibility index (Phi) is 7.21. The van der Waals surface area contributed by atoms with E-state index in [-0.39, 0.29) is 29.5 Å². The molecular formula is C32H43NO6. The molecule has 2 heterocycles. The molecule has 2 aliphatic carbocycles. The van der Waals surface area contributed by atoms with Crippen molar-refractivity contribution < 1.29 is 28.5 Å². The second-order valence-corrected chi connectivity index (χ2v) is 13.0. The van der Waals surface area contributed by atoms with E-state index in [1.807, 2.05) is 52.0 Å². The summed E-state index contributed by atoms with van der Waals surface area (Å²) in [5, 5.41) is 2.78.